The molecule has 17 heavy (non-hydrogen) atoms. The van der Waals surface area contributed by atoms with Gasteiger partial charge in [0.25, 0.3) is 5.91 Å². The maximum Gasteiger partial charge on any atom is 0.265 e. The van der Waals surface area contributed by atoms with E-state index in [0.717, 1.165) is 5.56 Å². The lowest BCUT2D eigenvalue weighted by Crippen LogP contribution is -2.36. The highest BCUT2D eigenvalue weighted by Gasteiger charge is 2.02. The lowest BCUT2D eigenvalue weighted by Gasteiger charge is -2.06. The van der Waals surface area contributed by atoms with Crippen molar-refractivity contribution in [3.8, 4) is 0 Å². The number of aromatic nitrogens is 1. The molecule has 0 saturated heterocycles. The van der Waals surface area contributed by atoms with Crippen molar-refractivity contribution in [3.63, 3.8) is 0 Å². The predicted molar refractivity (Wildman–Crippen MR) is 65.0 cm³/mol. The van der Waals surface area contributed by atoms with E-state index in [1.807, 2.05) is 30.3 Å². The van der Waals surface area contributed by atoms with Crippen LogP contribution in [-0.4, -0.2) is 10.9 Å². The Hall–Kier alpha value is -2.20. The molecule has 1 heterocycles. The standard InChI is InChI=1S/C13H13N3O/c17-13(12-4-2-1-3-5-12)16-15-10-11-6-8-14-9-7-11/h1-9,15H,10H2,(H,16,17). The number of nitrogens with zero attached hydrogens (tertiary/aromatic N) is 1. The van der Waals surface area contributed by atoms with Gasteiger partial charge in [0.1, 0.15) is 0 Å². The fraction of sp³-hybridized carbons (Fsp3) is 0.0769. The van der Waals surface area contributed by atoms with Gasteiger partial charge in [0.15, 0.2) is 0 Å². The molecule has 2 aromatic rings. The molecular formula is C13H13N3O. The van der Waals surface area contributed by atoms with Crippen LogP contribution in [0.5, 0.6) is 0 Å². The first-order chi connectivity index (χ1) is 8.36. The highest BCUT2D eigenvalue weighted by molar-refractivity contribution is 5.93. The fourth-order valence-electron chi connectivity index (χ4n) is 1.39. The Kier molecular flexibility index (Phi) is 3.83. The van der Waals surface area contributed by atoms with Crippen molar-refractivity contribution < 1.29 is 4.79 Å². The van der Waals surface area contributed by atoms with E-state index in [4.69, 9.17) is 0 Å². The minimum Gasteiger partial charge on any atom is -0.287 e. The molecule has 0 unspecified atom stereocenters. The number of hydrogen-bond acceptors (Lipinski definition) is 3. The van der Waals surface area contributed by atoms with Crippen molar-refractivity contribution in [2.75, 3.05) is 0 Å². The average molecular weight is 227 g/mol. The second kappa shape index (κ2) is 5.77. The third kappa shape index (κ3) is 3.39. The molecule has 0 atom stereocenters. The van der Waals surface area contributed by atoms with Gasteiger partial charge >= 0.3 is 0 Å². The molecule has 0 fully saturated rings. The molecule has 0 bridgehead atoms. The summed E-state index contributed by atoms with van der Waals surface area (Å²) in [6.45, 7) is 0.571. The van der Waals surface area contributed by atoms with Gasteiger partial charge in [-0.1, -0.05) is 18.2 Å². The number of amides is 1. The van der Waals surface area contributed by atoms with E-state index in [0.29, 0.717) is 12.1 Å². The van der Waals surface area contributed by atoms with Crippen molar-refractivity contribution in [3.05, 3.63) is 66.0 Å². The Morgan fingerprint density at radius 1 is 1.06 bits per heavy atom. The van der Waals surface area contributed by atoms with E-state index in [2.05, 4.69) is 15.8 Å². The van der Waals surface area contributed by atoms with E-state index >= 15 is 0 Å². The maximum absolute atomic E-state index is 11.6. The monoisotopic (exact) mass is 227 g/mol. The average Bonchev–Trinajstić information content (AvgIpc) is 2.41. The predicted octanol–water partition coefficient (Wildman–Crippen LogP) is 1.52. The minimum atomic E-state index is -0.139. The lowest BCUT2D eigenvalue weighted by molar-refractivity contribution is 0.0932. The molecule has 4 nitrogen and oxygen atoms in total. The topological polar surface area (TPSA) is 54.0 Å². The summed E-state index contributed by atoms with van der Waals surface area (Å²) in [6, 6.07) is 12.9. The van der Waals surface area contributed by atoms with Gasteiger partial charge in [-0.25, -0.2) is 5.43 Å². The zero-order valence-corrected chi connectivity index (χ0v) is 9.26. The first-order valence-corrected chi connectivity index (χ1v) is 5.33. The maximum atomic E-state index is 11.6. The molecule has 2 rings (SSSR count). The highest BCUT2D eigenvalue weighted by Crippen LogP contribution is 1.97. The Balaban J connectivity index is 1.82. The molecular weight excluding hydrogens is 214 g/mol. The Labute approximate surface area is 99.7 Å². The van der Waals surface area contributed by atoms with Gasteiger partial charge in [0.2, 0.25) is 0 Å². The molecule has 0 spiro atoms. The Bertz CT molecular complexity index is 471. The van der Waals surface area contributed by atoms with Crippen LogP contribution in [0.1, 0.15) is 15.9 Å². The zero-order valence-electron chi connectivity index (χ0n) is 9.26. The van der Waals surface area contributed by atoms with Crippen LogP contribution in [0.4, 0.5) is 0 Å². The summed E-state index contributed by atoms with van der Waals surface area (Å²) in [5.74, 6) is -0.139. The SMILES string of the molecule is O=C(NNCc1ccncc1)c1ccccc1. The van der Waals surface area contributed by atoms with Crippen LogP contribution in [0.15, 0.2) is 54.9 Å². The largest absolute Gasteiger partial charge is 0.287 e. The Morgan fingerprint density at radius 3 is 2.47 bits per heavy atom. The zero-order chi connectivity index (χ0) is 11.9. The van der Waals surface area contributed by atoms with E-state index in [9.17, 15) is 4.79 Å². The molecule has 2 N–H and O–H groups in total. The molecule has 0 aliphatic carbocycles. The summed E-state index contributed by atoms with van der Waals surface area (Å²) in [5.41, 5.74) is 7.21. The van der Waals surface area contributed by atoms with Gasteiger partial charge in [-0.05, 0) is 29.8 Å². The summed E-state index contributed by atoms with van der Waals surface area (Å²) in [4.78, 5) is 15.6. The number of benzene rings is 1. The van der Waals surface area contributed by atoms with E-state index in [-0.39, 0.29) is 5.91 Å². The summed E-state index contributed by atoms with van der Waals surface area (Å²) in [5, 5.41) is 0. The molecule has 4 heteroatoms. The van der Waals surface area contributed by atoms with Crippen molar-refractivity contribution in [1.29, 1.82) is 0 Å². The van der Waals surface area contributed by atoms with E-state index in [1.54, 1.807) is 24.5 Å². The normalized spacial score (nSPS) is 9.88. The van der Waals surface area contributed by atoms with Crippen LogP contribution in [0.25, 0.3) is 0 Å². The van der Waals surface area contributed by atoms with Gasteiger partial charge in [-0.3, -0.25) is 15.2 Å². The molecule has 0 aliphatic rings. The molecule has 1 aromatic carbocycles. The Morgan fingerprint density at radius 2 is 1.76 bits per heavy atom. The van der Waals surface area contributed by atoms with E-state index in [1.165, 1.54) is 0 Å². The number of pyridine rings is 1. The van der Waals surface area contributed by atoms with Crippen molar-refractivity contribution in [2.24, 2.45) is 0 Å². The van der Waals surface area contributed by atoms with Crippen LogP contribution in [-0.2, 0) is 6.54 Å². The lowest BCUT2D eigenvalue weighted by atomic mass is 10.2. The van der Waals surface area contributed by atoms with Crippen LogP contribution in [0, 0.1) is 0 Å². The van der Waals surface area contributed by atoms with Gasteiger partial charge in [0, 0.05) is 24.5 Å². The number of carbonyl (C=O) groups is 1. The number of nitrogens with one attached hydrogen (secondary N) is 2. The molecule has 1 amide bonds. The van der Waals surface area contributed by atoms with Crippen LogP contribution in [0.3, 0.4) is 0 Å². The third-order valence-electron chi connectivity index (χ3n) is 2.28. The van der Waals surface area contributed by atoms with Crippen LogP contribution < -0.4 is 10.9 Å². The molecule has 0 radical (unpaired) electrons. The molecule has 86 valence electrons. The first kappa shape index (κ1) is 11.3. The molecule has 1 aromatic heterocycles. The fourth-order valence-corrected chi connectivity index (χ4v) is 1.39. The minimum absolute atomic E-state index is 0.139. The third-order valence-corrected chi connectivity index (χ3v) is 2.28. The van der Waals surface area contributed by atoms with Crippen LogP contribution in [0.2, 0.25) is 0 Å². The molecule has 0 aliphatic heterocycles. The second-order valence-corrected chi connectivity index (χ2v) is 3.53. The second-order valence-electron chi connectivity index (χ2n) is 3.53. The first-order valence-electron chi connectivity index (χ1n) is 5.33. The number of hydrogen-bond donors (Lipinski definition) is 2. The van der Waals surface area contributed by atoms with Gasteiger partial charge < -0.3 is 0 Å². The van der Waals surface area contributed by atoms with Crippen molar-refractivity contribution >= 4 is 5.91 Å². The van der Waals surface area contributed by atoms with E-state index < -0.39 is 0 Å². The van der Waals surface area contributed by atoms with Gasteiger partial charge in [-0.2, -0.15) is 0 Å². The summed E-state index contributed by atoms with van der Waals surface area (Å²) < 4.78 is 0. The molecule has 0 saturated carbocycles. The van der Waals surface area contributed by atoms with Gasteiger partial charge in [0.05, 0.1) is 0 Å². The quantitative estimate of drug-likeness (QED) is 0.778. The van der Waals surface area contributed by atoms with Crippen LogP contribution >= 0.6 is 0 Å². The highest BCUT2D eigenvalue weighted by atomic mass is 16.2. The van der Waals surface area contributed by atoms with Gasteiger partial charge in [-0.15, -0.1) is 0 Å². The number of carbonyl (C=O) groups excluding carboxylic acids is 1. The summed E-state index contributed by atoms with van der Waals surface area (Å²) >= 11 is 0. The van der Waals surface area contributed by atoms with Crippen molar-refractivity contribution in [1.82, 2.24) is 15.8 Å². The smallest absolute Gasteiger partial charge is 0.265 e. The summed E-state index contributed by atoms with van der Waals surface area (Å²) in [6.07, 6.45) is 3.44. The number of rotatable bonds is 4. The summed E-state index contributed by atoms with van der Waals surface area (Å²) in [7, 11) is 0. The van der Waals surface area contributed by atoms with Crippen molar-refractivity contribution in [2.45, 2.75) is 6.54 Å². The number of hydrazine groups is 1.